The average Bonchev–Trinajstić information content (AvgIpc) is 2.54. The van der Waals surface area contributed by atoms with Crippen LogP contribution in [0.1, 0.15) is 11.3 Å². The molecule has 22 heavy (non-hydrogen) atoms. The highest BCUT2D eigenvalue weighted by Crippen LogP contribution is 2.09. The zero-order chi connectivity index (χ0) is 15.9. The van der Waals surface area contributed by atoms with E-state index >= 15 is 0 Å². The summed E-state index contributed by atoms with van der Waals surface area (Å²) in [5, 5.41) is 3.32. The zero-order valence-electron chi connectivity index (χ0n) is 12.4. The Morgan fingerprint density at radius 3 is 2.73 bits per heavy atom. The molecule has 1 N–H and O–H groups in total. The number of hydrogen-bond donors (Lipinski definition) is 1. The molecule has 116 valence electrons. The predicted molar refractivity (Wildman–Crippen MR) is 83.7 cm³/mol. The average molecular weight is 319 g/mol. The van der Waals surface area contributed by atoms with Crippen molar-refractivity contribution in [1.82, 2.24) is 24.8 Å². The van der Waals surface area contributed by atoms with Gasteiger partial charge in [0.25, 0.3) is 5.56 Å². The molecule has 0 spiro atoms. The second kappa shape index (κ2) is 7.69. The van der Waals surface area contributed by atoms with Crippen LogP contribution >= 0.6 is 11.8 Å². The molecule has 0 aliphatic heterocycles. The summed E-state index contributed by atoms with van der Waals surface area (Å²) in [7, 11) is 0. The lowest BCUT2D eigenvalue weighted by atomic mass is 10.3. The zero-order valence-corrected chi connectivity index (χ0v) is 13.3. The molecule has 2 aromatic heterocycles. The normalized spacial score (nSPS) is 10.5. The molecule has 0 radical (unpaired) electrons. The summed E-state index contributed by atoms with van der Waals surface area (Å²) in [4.78, 5) is 35.9. The van der Waals surface area contributed by atoms with Crippen LogP contribution < -0.4 is 10.9 Å². The molecule has 7 nitrogen and oxygen atoms in total. The van der Waals surface area contributed by atoms with Gasteiger partial charge in [0, 0.05) is 36.7 Å². The molecule has 0 bridgehead atoms. The van der Waals surface area contributed by atoms with Crippen molar-refractivity contribution in [2.45, 2.75) is 25.5 Å². The fraction of sp³-hybridized carbons (Fsp3) is 0.357. The van der Waals surface area contributed by atoms with Crippen molar-refractivity contribution in [3.8, 4) is 0 Å². The molecular formula is C14H17N5O2S. The van der Waals surface area contributed by atoms with E-state index in [2.05, 4.69) is 20.3 Å². The van der Waals surface area contributed by atoms with E-state index in [1.807, 2.05) is 0 Å². The molecule has 2 rings (SSSR count). The molecule has 0 saturated heterocycles. The molecule has 2 heterocycles. The first-order valence-corrected chi connectivity index (χ1v) is 7.75. The van der Waals surface area contributed by atoms with Gasteiger partial charge in [-0.2, -0.15) is 0 Å². The van der Waals surface area contributed by atoms with E-state index in [9.17, 15) is 9.59 Å². The van der Waals surface area contributed by atoms with Gasteiger partial charge in [-0.25, -0.2) is 15.0 Å². The van der Waals surface area contributed by atoms with Crippen molar-refractivity contribution in [2.75, 3.05) is 12.3 Å². The molecule has 1 amide bonds. The Morgan fingerprint density at radius 2 is 2.00 bits per heavy atom. The van der Waals surface area contributed by atoms with Crippen molar-refractivity contribution in [3.05, 3.63) is 46.4 Å². The molecule has 0 fully saturated rings. The van der Waals surface area contributed by atoms with Crippen LogP contribution in [-0.4, -0.2) is 37.7 Å². The number of carbonyl (C=O) groups excluding carboxylic acids is 1. The first kappa shape index (κ1) is 16.2. The number of aromatic nitrogens is 4. The van der Waals surface area contributed by atoms with Crippen molar-refractivity contribution in [3.63, 3.8) is 0 Å². The summed E-state index contributed by atoms with van der Waals surface area (Å²) in [5.74, 6) is 0.117. The number of rotatable bonds is 6. The first-order chi connectivity index (χ1) is 10.6. The van der Waals surface area contributed by atoms with Crippen LogP contribution in [0.2, 0.25) is 0 Å². The third-order valence-electron chi connectivity index (χ3n) is 3.06. The molecule has 0 aromatic carbocycles. The van der Waals surface area contributed by atoms with Crippen LogP contribution in [0, 0.1) is 13.8 Å². The van der Waals surface area contributed by atoms with E-state index in [4.69, 9.17) is 0 Å². The monoisotopic (exact) mass is 319 g/mol. The van der Waals surface area contributed by atoms with Crippen LogP contribution in [0.5, 0.6) is 0 Å². The summed E-state index contributed by atoms with van der Waals surface area (Å²) in [6.45, 7) is 4.31. The Kier molecular flexibility index (Phi) is 5.65. The minimum absolute atomic E-state index is 0.0752. The number of hydrogen-bond acceptors (Lipinski definition) is 6. The Bertz CT molecular complexity index is 702. The topological polar surface area (TPSA) is 89.8 Å². The van der Waals surface area contributed by atoms with Gasteiger partial charge in [-0.05, 0) is 19.9 Å². The summed E-state index contributed by atoms with van der Waals surface area (Å²) < 4.78 is 1.50. The van der Waals surface area contributed by atoms with Crippen LogP contribution in [0.15, 0.2) is 34.7 Å². The minimum atomic E-state index is -0.123. The number of thioether (sulfide) groups is 1. The summed E-state index contributed by atoms with van der Waals surface area (Å²) in [6, 6.07) is 1.72. The quantitative estimate of drug-likeness (QED) is 0.618. The molecular weight excluding hydrogens is 302 g/mol. The van der Waals surface area contributed by atoms with Gasteiger partial charge in [-0.1, -0.05) is 11.8 Å². The van der Waals surface area contributed by atoms with Crippen LogP contribution in [-0.2, 0) is 11.3 Å². The first-order valence-electron chi connectivity index (χ1n) is 6.77. The highest BCUT2D eigenvalue weighted by Gasteiger charge is 2.06. The number of nitrogens with zero attached hydrogens (tertiary/aromatic N) is 4. The number of nitrogens with one attached hydrogen (secondary N) is 1. The standard InChI is InChI=1S/C14H17N5O2S/c1-10-11(2)18-9-19(13(10)21)7-6-15-12(20)8-22-14-16-4-3-5-17-14/h3-5,9H,6-8H2,1-2H3,(H,15,20). The fourth-order valence-corrected chi connectivity index (χ4v) is 2.32. The molecule has 2 aromatic rings. The van der Waals surface area contributed by atoms with Gasteiger partial charge in [0.15, 0.2) is 5.16 Å². The van der Waals surface area contributed by atoms with Gasteiger partial charge in [0.1, 0.15) is 0 Å². The number of aryl methyl sites for hydroxylation is 1. The van der Waals surface area contributed by atoms with E-state index < -0.39 is 0 Å². The molecule has 8 heteroatoms. The molecule has 0 unspecified atom stereocenters. The second-order valence-electron chi connectivity index (χ2n) is 4.62. The van der Waals surface area contributed by atoms with Gasteiger partial charge < -0.3 is 5.32 Å². The van der Waals surface area contributed by atoms with E-state index in [-0.39, 0.29) is 17.2 Å². The summed E-state index contributed by atoms with van der Waals surface area (Å²) in [6.07, 6.45) is 4.77. The van der Waals surface area contributed by atoms with Gasteiger partial charge in [-0.15, -0.1) is 0 Å². The van der Waals surface area contributed by atoms with Crippen molar-refractivity contribution in [2.24, 2.45) is 0 Å². The molecule has 0 saturated carbocycles. The van der Waals surface area contributed by atoms with Crippen molar-refractivity contribution < 1.29 is 4.79 Å². The highest BCUT2D eigenvalue weighted by molar-refractivity contribution is 7.99. The maximum Gasteiger partial charge on any atom is 0.256 e. The van der Waals surface area contributed by atoms with Crippen molar-refractivity contribution in [1.29, 1.82) is 0 Å². The predicted octanol–water partition coefficient (Wildman–Crippen LogP) is 0.559. The lowest BCUT2D eigenvalue weighted by Gasteiger charge is -2.08. The van der Waals surface area contributed by atoms with Crippen LogP contribution in [0.4, 0.5) is 0 Å². The summed E-state index contributed by atoms with van der Waals surface area (Å²) in [5.41, 5.74) is 1.28. The lowest BCUT2D eigenvalue weighted by molar-refractivity contribution is -0.118. The van der Waals surface area contributed by atoms with E-state index in [0.717, 1.165) is 5.69 Å². The Balaban J connectivity index is 1.78. The lowest BCUT2D eigenvalue weighted by Crippen LogP contribution is -2.32. The molecule has 0 aliphatic carbocycles. The Labute approximate surface area is 132 Å². The van der Waals surface area contributed by atoms with Gasteiger partial charge >= 0.3 is 0 Å². The Hall–Kier alpha value is -2.22. The van der Waals surface area contributed by atoms with Crippen LogP contribution in [0.3, 0.4) is 0 Å². The molecule has 0 atom stereocenters. The summed E-state index contributed by atoms with van der Waals surface area (Å²) >= 11 is 1.27. The van der Waals surface area contributed by atoms with Gasteiger partial charge in [-0.3, -0.25) is 14.2 Å². The Morgan fingerprint density at radius 1 is 1.27 bits per heavy atom. The van der Waals surface area contributed by atoms with E-state index in [1.165, 1.54) is 22.7 Å². The number of amides is 1. The SMILES string of the molecule is Cc1ncn(CCNC(=O)CSc2ncccn2)c(=O)c1C. The van der Waals surface area contributed by atoms with Gasteiger partial charge in [0.05, 0.1) is 12.1 Å². The third kappa shape index (κ3) is 4.39. The maximum absolute atomic E-state index is 12.0. The largest absolute Gasteiger partial charge is 0.354 e. The minimum Gasteiger partial charge on any atom is -0.354 e. The van der Waals surface area contributed by atoms with Gasteiger partial charge in [0.2, 0.25) is 5.91 Å². The second-order valence-corrected chi connectivity index (χ2v) is 5.57. The van der Waals surface area contributed by atoms with E-state index in [0.29, 0.717) is 23.8 Å². The third-order valence-corrected chi connectivity index (χ3v) is 3.94. The fourth-order valence-electron chi connectivity index (χ4n) is 1.69. The van der Waals surface area contributed by atoms with E-state index in [1.54, 1.807) is 32.3 Å². The number of carbonyl (C=O) groups is 1. The van der Waals surface area contributed by atoms with Crippen LogP contribution in [0.25, 0.3) is 0 Å². The maximum atomic E-state index is 12.0. The smallest absolute Gasteiger partial charge is 0.256 e. The molecule has 0 aliphatic rings. The van der Waals surface area contributed by atoms with Crippen molar-refractivity contribution >= 4 is 17.7 Å². The highest BCUT2D eigenvalue weighted by atomic mass is 32.2.